The Morgan fingerprint density at radius 2 is 1.95 bits per heavy atom. The van der Waals surface area contributed by atoms with E-state index in [1.165, 1.54) is 5.56 Å². The first-order valence-electron chi connectivity index (χ1n) is 7.54. The van der Waals surface area contributed by atoms with Crippen LogP contribution in [0.15, 0.2) is 42.5 Å². The Kier molecular flexibility index (Phi) is 4.84. The summed E-state index contributed by atoms with van der Waals surface area (Å²) in [6.07, 6.45) is 3.93. The maximum atomic E-state index is 12.0. The molecule has 1 aliphatic heterocycles. The number of nitrogens with zero attached hydrogens (tertiary/aromatic N) is 1. The minimum Gasteiger partial charge on any atom is -0.456 e. The molecule has 0 bridgehead atoms. The fraction of sp³-hybridized carbons (Fsp3) is 0.500. The summed E-state index contributed by atoms with van der Waals surface area (Å²) in [7, 11) is 0. The molecule has 0 saturated carbocycles. The van der Waals surface area contributed by atoms with Crippen LogP contribution in [0.1, 0.15) is 39.3 Å². The van der Waals surface area contributed by atoms with Crippen LogP contribution >= 0.6 is 0 Å². The third kappa shape index (κ3) is 4.18. The average molecular weight is 287 g/mol. The summed E-state index contributed by atoms with van der Waals surface area (Å²) < 4.78 is 5.60. The highest BCUT2D eigenvalue weighted by Crippen LogP contribution is 2.24. The van der Waals surface area contributed by atoms with Crippen LogP contribution in [0.4, 0.5) is 0 Å². The molecule has 0 fully saturated rings. The first-order chi connectivity index (χ1) is 9.88. The molecular weight excluding hydrogens is 262 g/mol. The van der Waals surface area contributed by atoms with Gasteiger partial charge in [-0.2, -0.15) is 0 Å². The van der Waals surface area contributed by atoms with Crippen LogP contribution in [-0.2, 0) is 9.53 Å². The van der Waals surface area contributed by atoms with Crippen LogP contribution in [0.2, 0.25) is 0 Å². The summed E-state index contributed by atoms with van der Waals surface area (Å²) in [5.74, 6) is -0.147. The van der Waals surface area contributed by atoms with Crippen LogP contribution in [0, 0.1) is 5.41 Å². The maximum Gasteiger partial charge on any atom is 0.311 e. The number of carbonyl (C=O) groups excluding carboxylic acids is 1. The van der Waals surface area contributed by atoms with Gasteiger partial charge < -0.3 is 4.74 Å². The standard InChI is InChI=1S/C18H25NO2/c1-14(15-9-6-5-7-10-15)19-12-8-11-16(13-19)21-17(20)18(2,3)4/h5-11,14,16H,12-13H2,1-4H3. The van der Waals surface area contributed by atoms with Crippen LogP contribution < -0.4 is 0 Å². The van der Waals surface area contributed by atoms with Crippen molar-refractivity contribution in [3.05, 3.63) is 48.0 Å². The van der Waals surface area contributed by atoms with Crippen molar-refractivity contribution in [1.82, 2.24) is 4.90 Å². The monoisotopic (exact) mass is 287 g/mol. The second kappa shape index (κ2) is 6.44. The van der Waals surface area contributed by atoms with Gasteiger partial charge in [0.15, 0.2) is 0 Å². The largest absolute Gasteiger partial charge is 0.456 e. The van der Waals surface area contributed by atoms with Gasteiger partial charge in [0.25, 0.3) is 0 Å². The molecule has 21 heavy (non-hydrogen) atoms. The summed E-state index contributed by atoms with van der Waals surface area (Å²) >= 11 is 0. The Morgan fingerprint density at radius 3 is 2.57 bits per heavy atom. The van der Waals surface area contributed by atoms with E-state index in [2.05, 4.69) is 42.2 Å². The van der Waals surface area contributed by atoms with Crippen molar-refractivity contribution in [3.8, 4) is 0 Å². The van der Waals surface area contributed by atoms with Gasteiger partial charge in [0.2, 0.25) is 0 Å². The highest BCUT2D eigenvalue weighted by atomic mass is 16.5. The fourth-order valence-corrected chi connectivity index (χ4v) is 2.36. The Bertz CT molecular complexity index is 502. The van der Waals surface area contributed by atoms with E-state index in [0.29, 0.717) is 6.04 Å². The highest BCUT2D eigenvalue weighted by Gasteiger charge is 2.28. The van der Waals surface area contributed by atoms with Crippen LogP contribution in [0.5, 0.6) is 0 Å². The normalized spacial score (nSPS) is 21.0. The zero-order valence-electron chi connectivity index (χ0n) is 13.4. The van der Waals surface area contributed by atoms with E-state index in [1.807, 2.05) is 32.9 Å². The molecule has 2 rings (SSSR count). The summed E-state index contributed by atoms with van der Waals surface area (Å²) in [6.45, 7) is 9.47. The summed E-state index contributed by atoms with van der Waals surface area (Å²) in [5, 5.41) is 0. The Balaban J connectivity index is 2.00. The Hall–Kier alpha value is -1.61. The van der Waals surface area contributed by atoms with Gasteiger partial charge in [-0.05, 0) is 39.3 Å². The molecule has 0 aromatic heterocycles. The third-order valence-corrected chi connectivity index (χ3v) is 3.81. The van der Waals surface area contributed by atoms with Gasteiger partial charge in [0.05, 0.1) is 5.41 Å². The number of ether oxygens (including phenoxy) is 1. The number of carbonyl (C=O) groups is 1. The average Bonchev–Trinajstić information content (AvgIpc) is 2.46. The van der Waals surface area contributed by atoms with E-state index in [0.717, 1.165) is 13.1 Å². The SMILES string of the molecule is CC(c1ccccc1)N1CC=CC(OC(=O)C(C)(C)C)C1. The highest BCUT2D eigenvalue weighted by molar-refractivity contribution is 5.75. The lowest BCUT2D eigenvalue weighted by Crippen LogP contribution is -2.40. The van der Waals surface area contributed by atoms with E-state index in [9.17, 15) is 4.79 Å². The summed E-state index contributed by atoms with van der Waals surface area (Å²) in [6, 6.07) is 10.7. The van der Waals surface area contributed by atoms with E-state index in [4.69, 9.17) is 4.74 Å². The minimum atomic E-state index is -0.457. The molecular formula is C18H25NO2. The van der Waals surface area contributed by atoms with Gasteiger partial charge in [-0.25, -0.2) is 0 Å². The van der Waals surface area contributed by atoms with Crippen LogP contribution in [0.25, 0.3) is 0 Å². The van der Waals surface area contributed by atoms with Gasteiger partial charge in [-0.3, -0.25) is 9.69 Å². The topological polar surface area (TPSA) is 29.5 Å². The molecule has 2 unspecified atom stereocenters. The smallest absolute Gasteiger partial charge is 0.311 e. The number of esters is 1. The Morgan fingerprint density at radius 1 is 1.29 bits per heavy atom. The van der Waals surface area contributed by atoms with Gasteiger partial charge in [0, 0.05) is 19.1 Å². The first kappa shape index (κ1) is 15.8. The van der Waals surface area contributed by atoms with Gasteiger partial charge in [0.1, 0.15) is 6.10 Å². The maximum absolute atomic E-state index is 12.0. The van der Waals surface area contributed by atoms with Crippen LogP contribution in [0.3, 0.4) is 0 Å². The molecule has 0 amide bonds. The van der Waals surface area contributed by atoms with Crippen LogP contribution in [-0.4, -0.2) is 30.1 Å². The molecule has 1 aromatic rings. The van der Waals surface area contributed by atoms with Crippen molar-refractivity contribution in [1.29, 1.82) is 0 Å². The zero-order chi connectivity index (χ0) is 15.5. The second-order valence-electron chi connectivity index (χ2n) is 6.66. The lowest BCUT2D eigenvalue weighted by molar-refractivity contribution is -0.157. The molecule has 1 heterocycles. The number of hydrogen-bond acceptors (Lipinski definition) is 3. The predicted molar refractivity (Wildman–Crippen MR) is 84.9 cm³/mol. The second-order valence-corrected chi connectivity index (χ2v) is 6.66. The number of hydrogen-bond donors (Lipinski definition) is 0. The third-order valence-electron chi connectivity index (χ3n) is 3.81. The summed E-state index contributed by atoms with van der Waals surface area (Å²) in [5.41, 5.74) is 0.829. The van der Waals surface area contributed by atoms with Gasteiger partial charge >= 0.3 is 5.97 Å². The molecule has 0 radical (unpaired) electrons. The molecule has 0 aliphatic carbocycles. The Labute approximate surface area is 127 Å². The fourth-order valence-electron chi connectivity index (χ4n) is 2.36. The van der Waals surface area contributed by atoms with Gasteiger partial charge in [-0.1, -0.05) is 36.4 Å². The quantitative estimate of drug-likeness (QED) is 0.628. The molecule has 2 atom stereocenters. The molecule has 114 valence electrons. The van der Waals surface area contributed by atoms with Crippen molar-refractivity contribution in [2.75, 3.05) is 13.1 Å². The van der Waals surface area contributed by atoms with E-state index in [1.54, 1.807) is 0 Å². The molecule has 0 N–H and O–H groups in total. The van der Waals surface area contributed by atoms with Crippen molar-refractivity contribution >= 4 is 5.97 Å². The predicted octanol–water partition coefficient (Wildman–Crippen LogP) is 3.58. The van der Waals surface area contributed by atoms with Crippen molar-refractivity contribution in [2.24, 2.45) is 5.41 Å². The molecule has 1 aromatic carbocycles. The van der Waals surface area contributed by atoms with E-state index in [-0.39, 0.29) is 12.1 Å². The van der Waals surface area contributed by atoms with Crippen molar-refractivity contribution < 1.29 is 9.53 Å². The summed E-state index contributed by atoms with van der Waals surface area (Å²) in [4.78, 5) is 14.3. The first-order valence-corrected chi connectivity index (χ1v) is 7.54. The van der Waals surface area contributed by atoms with Gasteiger partial charge in [-0.15, -0.1) is 0 Å². The lowest BCUT2D eigenvalue weighted by atomic mass is 9.97. The zero-order valence-corrected chi connectivity index (χ0v) is 13.4. The van der Waals surface area contributed by atoms with E-state index < -0.39 is 5.41 Å². The van der Waals surface area contributed by atoms with E-state index >= 15 is 0 Å². The molecule has 1 aliphatic rings. The number of rotatable bonds is 3. The number of benzene rings is 1. The van der Waals surface area contributed by atoms with Crippen molar-refractivity contribution in [2.45, 2.75) is 39.8 Å². The lowest BCUT2D eigenvalue weighted by Gasteiger charge is -2.34. The minimum absolute atomic E-state index is 0.147. The molecule has 0 spiro atoms. The van der Waals surface area contributed by atoms with Crippen molar-refractivity contribution in [3.63, 3.8) is 0 Å². The molecule has 3 nitrogen and oxygen atoms in total. The molecule has 0 saturated heterocycles. The molecule has 3 heteroatoms.